The second-order valence-corrected chi connectivity index (χ2v) is 41.4. The number of thioether (sulfide) groups is 3. The van der Waals surface area contributed by atoms with Crippen molar-refractivity contribution in [2.24, 2.45) is 57.9 Å². The number of carbonyl (C=O) groups excluding carboxylic acids is 17. The van der Waals surface area contributed by atoms with Crippen molar-refractivity contribution in [2.75, 3.05) is 87.2 Å². The van der Waals surface area contributed by atoms with E-state index >= 15 is 67.1 Å². The maximum absolute atomic E-state index is 15.5. The molecule has 0 spiro atoms. The van der Waals surface area contributed by atoms with Crippen molar-refractivity contribution in [3.8, 4) is 0 Å². The van der Waals surface area contributed by atoms with Gasteiger partial charge < -0.3 is 161 Å². The van der Waals surface area contributed by atoms with Gasteiger partial charge in [0.2, 0.25) is 100 Å². The Morgan fingerprint density at radius 2 is 0.800 bits per heavy atom. The standard InChI is InChI=1S/C94H152N34O19S3/c1-51(2)39-64-82(139)113-62(25-16-35-111-94(105)106)80(137)124-70(86(143)116-61(24-15-34-110-93(103)104)79(136)122-68(89(146)147)43-55-44-112-58-21-11-10-19-56(55)58)46-149-37-29-74(131)127-48-126-49-128(50-127)75(132)30-38-150-47-71(87(144)115-59(22-13-32-108-91(99)100)77(134)117-63(81(138)119-64)26-27-72(96)129)125-84(141)66(41-53(5)6)120-83(140)65(40-52(3)4)118-78(135)60(23-14-33-109-92(101)102)114-85(142)67(42-54-17-8-7-9-18-54)121-88(145)69(45-148-36-28-73(126)130)123-76(133)57(95)20-12-31-107-90(97)98/h7-11,17-19,21,44,51-53,57,59-71,112H,12-16,20,22-43,45-50,95H2,1-6H3,(H2,96,129)(H,113,139)(H,114,142)(H,115,144)(H,116,143)(H,117,134)(H,118,135)(H,119,138)(H,120,140)(H,121,145)(H,122,136)(H,123,133)(H,124,137)(H,125,141)(H,146,147)(H4,97,98,107)(H4,99,100,108)(H4,101,102,109)(H4,103,104,110)(H4,105,106,111)/t57-,59-,60-,61-,62-,63-,64-,65-,66-,67-,68-,69-,70-,71-/m0/s1. The summed E-state index contributed by atoms with van der Waals surface area (Å²) >= 11 is 2.83. The monoisotopic (exact) mass is 2160 g/mol. The number of hydrogen-bond donors (Lipinski definition) is 32. The zero-order chi connectivity index (χ0) is 111. The lowest BCUT2D eigenvalue weighted by atomic mass is 9.99. The van der Waals surface area contributed by atoms with E-state index in [9.17, 15) is 24.3 Å². The van der Waals surface area contributed by atoms with Gasteiger partial charge in [-0.3, -0.25) is 109 Å². The number of rotatable bonds is 40. The van der Waals surface area contributed by atoms with Gasteiger partial charge in [-0.15, -0.1) is 0 Å². The number of nitrogens with zero attached hydrogens (tertiary/aromatic N) is 3. The minimum atomic E-state index is -1.79. The van der Waals surface area contributed by atoms with Gasteiger partial charge in [-0.1, -0.05) is 90.1 Å². The highest BCUT2D eigenvalue weighted by Gasteiger charge is 2.41. The second kappa shape index (κ2) is 64.9. The third kappa shape index (κ3) is 45.9. The van der Waals surface area contributed by atoms with Crippen LogP contribution in [-0.4, -0.2) is 333 Å². The molecule has 3 aliphatic heterocycles. The normalized spacial score (nSPS) is 21.8. The van der Waals surface area contributed by atoms with Crippen LogP contribution in [0.15, 0.2) is 60.8 Å². The largest absolute Gasteiger partial charge is 0.480 e. The fourth-order valence-electron chi connectivity index (χ4n) is 16.2. The van der Waals surface area contributed by atoms with Crippen LogP contribution < -0.4 is 136 Å². The molecule has 3 aliphatic rings. The number of H-pyrrole nitrogens is 1. The lowest BCUT2D eigenvalue weighted by molar-refractivity contribution is -0.158. The number of para-hydroxylation sites is 1. The zero-order valence-corrected chi connectivity index (χ0v) is 88.0. The van der Waals surface area contributed by atoms with E-state index in [1.165, 1.54) is 14.7 Å². The van der Waals surface area contributed by atoms with Gasteiger partial charge in [-0.25, -0.2) is 4.79 Å². The summed E-state index contributed by atoms with van der Waals surface area (Å²) in [6, 6.07) is -7.02. The minimum Gasteiger partial charge on any atom is -0.480 e. The predicted molar refractivity (Wildman–Crippen MR) is 566 cm³/mol. The molecule has 53 nitrogen and oxygen atoms in total. The Balaban J connectivity index is 1.56. The van der Waals surface area contributed by atoms with Gasteiger partial charge in [0.05, 0.1) is 26.0 Å². The molecule has 0 aliphatic carbocycles. The summed E-state index contributed by atoms with van der Waals surface area (Å²) in [5, 5.41) is 98.4. The van der Waals surface area contributed by atoms with Gasteiger partial charge in [-0.05, 0) is 125 Å². The molecule has 14 atom stereocenters. The SMILES string of the molecule is CC(C)C[C@@H]1NC(=O)[C@H](CCC(N)=O)NC(=O)[C@H](CCCNC(=N)N)NC(=O)[C@@H]2CSCCC(=O)N3CN(CN(C3)C(=O)CCSC[C@H](NC(=O)[C@@H](N)CCCNC(=N)N)C(=O)N[C@@H](Cc3ccccc3)C(=O)N[C@@H](CCCNC(=N)N)C(=O)N[C@@H](CC(C)C)C(=O)N[C@@H](CC(C)C)C(=O)N2)C(=O)CCSC[C@@H](C(=O)N[C@@H](CCCNC(=N)N)C(=O)N[C@@H](Cc2c[nH]c3ccccc23)C(=O)O)NC(=O)[C@H](CCCNC(=N)N)NC1=O. The first kappa shape index (κ1) is 124. The summed E-state index contributed by atoms with van der Waals surface area (Å²) in [6.45, 7) is 8.84. The molecule has 3 fully saturated rings. The van der Waals surface area contributed by atoms with Crippen LogP contribution in [0.2, 0.25) is 0 Å². The second-order valence-electron chi connectivity index (χ2n) is 38.0. The molecule has 4 heterocycles. The highest BCUT2D eigenvalue weighted by molar-refractivity contribution is 7.99. The Hall–Kier alpha value is -14.2. The van der Waals surface area contributed by atoms with E-state index in [4.69, 9.17) is 67.2 Å². The molecule has 830 valence electrons. The highest BCUT2D eigenvalue weighted by Crippen LogP contribution is 2.24. The fraction of sp³-hybridized carbons (Fsp3) is 0.606. The molecule has 150 heavy (non-hydrogen) atoms. The van der Waals surface area contributed by atoms with Gasteiger partial charge >= 0.3 is 5.97 Å². The number of amides is 17. The molecule has 0 unspecified atom stereocenters. The van der Waals surface area contributed by atoms with Crippen molar-refractivity contribution < 1.29 is 91.4 Å². The molecule has 3 aromatic rings. The van der Waals surface area contributed by atoms with Crippen molar-refractivity contribution >= 4 is 182 Å². The first-order chi connectivity index (χ1) is 71.1. The number of carbonyl (C=O) groups is 18. The number of fused-ring (bicyclic) bond motifs is 8. The number of nitrogens with one attached hydrogen (secondary N) is 24. The zero-order valence-electron chi connectivity index (χ0n) is 85.5. The van der Waals surface area contributed by atoms with Crippen LogP contribution >= 0.6 is 35.3 Å². The molecule has 3 saturated heterocycles. The van der Waals surface area contributed by atoms with Crippen molar-refractivity contribution in [1.29, 1.82) is 27.0 Å². The van der Waals surface area contributed by atoms with Gasteiger partial charge in [0.15, 0.2) is 29.8 Å². The number of aromatic nitrogens is 1. The van der Waals surface area contributed by atoms with E-state index in [0.29, 0.717) is 22.0 Å². The van der Waals surface area contributed by atoms with Crippen LogP contribution in [0.3, 0.4) is 0 Å². The Labute approximate surface area is 883 Å². The molecule has 0 radical (unpaired) electrons. The van der Waals surface area contributed by atoms with E-state index in [-0.39, 0.29) is 170 Å². The topological polar surface area (TPSA) is 871 Å². The summed E-state index contributed by atoms with van der Waals surface area (Å²) in [7, 11) is 0. The van der Waals surface area contributed by atoms with Crippen LogP contribution in [0, 0.1) is 44.8 Å². The van der Waals surface area contributed by atoms with E-state index in [1.54, 1.807) is 102 Å². The number of hydrogen-bond acceptors (Lipinski definition) is 27. The average Bonchev–Trinajstić information content (AvgIpc) is 1.78. The summed E-state index contributed by atoms with van der Waals surface area (Å²) in [5.41, 5.74) is 41.9. The summed E-state index contributed by atoms with van der Waals surface area (Å²) < 4.78 is 0. The lowest BCUT2D eigenvalue weighted by Crippen LogP contribution is -2.61. The number of nitrogens with two attached hydrogens (primary N) is 7. The van der Waals surface area contributed by atoms with E-state index < -0.39 is 284 Å². The quantitative estimate of drug-likeness (QED) is 0.0143. The van der Waals surface area contributed by atoms with Gasteiger partial charge in [-0.2, -0.15) is 35.3 Å². The smallest absolute Gasteiger partial charge is 0.326 e. The Kier molecular flexibility index (Phi) is 53.9. The third-order valence-electron chi connectivity index (χ3n) is 24.0. The molecule has 2 aromatic carbocycles. The van der Waals surface area contributed by atoms with Crippen molar-refractivity contribution in [2.45, 2.75) is 255 Å². The van der Waals surface area contributed by atoms with Gasteiger partial charge in [0.1, 0.15) is 78.5 Å². The molecule has 4 bridgehead atoms. The lowest BCUT2D eigenvalue weighted by Gasteiger charge is -2.42. The molecule has 0 saturated carbocycles. The predicted octanol–water partition coefficient (Wildman–Crippen LogP) is -5.84. The number of primary amides is 1. The van der Waals surface area contributed by atoms with Crippen molar-refractivity contribution in [1.82, 2.24) is 115 Å². The minimum absolute atomic E-state index is 0.00233. The van der Waals surface area contributed by atoms with Crippen LogP contribution in [-0.2, 0) is 99.1 Å². The number of aliphatic carboxylic acids is 1. The van der Waals surface area contributed by atoms with E-state index in [2.05, 4.69) is 101 Å². The molecular weight excluding hydrogens is 2010 g/mol. The molecule has 17 amide bonds. The number of carboxylic acid groups (broad SMARTS) is 1. The number of aromatic amines is 1. The summed E-state index contributed by atoms with van der Waals surface area (Å²) in [5.74, 6) is -22.6. The maximum atomic E-state index is 15.5. The Bertz CT molecular complexity index is 5140. The molecule has 39 N–H and O–H groups in total. The van der Waals surface area contributed by atoms with Crippen molar-refractivity contribution in [3.63, 3.8) is 0 Å². The van der Waals surface area contributed by atoms with Crippen LogP contribution in [0.4, 0.5) is 0 Å². The summed E-state index contributed by atoms with van der Waals surface area (Å²) in [4.78, 5) is 275. The van der Waals surface area contributed by atoms with Crippen molar-refractivity contribution in [3.05, 3.63) is 71.9 Å². The number of guanidine groups is 5. The van der Waals surface area contributed by atoms with E-state index in [1.807, 2.05) is 0 Å². The highest BCUT2D eigenvalue weighted by atomic mass is 32.2. The third-order valence-corrected chi connectivity index (χ3v) is 27.2. The van der Waals surface area contributed by atoms with Crippen LogP contribution in [0.5, 0.6) is 0 Å². The molecule has 56 heteroatoms. The first-order valence-corrected chi connectivity index (χ1v) is 53.4. The number of benzene rings is 2. The van der Waals surface area contributed by atoms with Gasteiger partial charge in [0, 0.05) is 123 Å². The van der Waals surface area contributed by atoms with E-state index in [0.717, 1.165) is 35.3 Å². The first-order valence-electron chi connectivity index (χ1n) is 49.9. The van der Waals surface area contributed by atoms with Crippen LogP contribution in [0.1, 0.15) is 168 Å². The van der Waals surface area contributed by atoms with Gasteiger partial charge in [0.25, 0.3) is 0 Å². The molecule has 1 aromatic heterocycles. The number of carboxylic acids is 1. The maximum Gasteiger partial charge on any atom is 0.326 e. The average molecular weight is 2160 g/mol. The molecular formula is C94H152N34O19S3. The Morgan fingerprint density at radius 3 is 1.25 bits per heavy atom. The summed E-state index contributed by atoms with van der Waals surface area (Å²) in [6.07, 6.45) is -2.58. The Morgan fingerprint density at radius 1 is 0.420 bits per heavy atom. The van der Waals surface area contributed by atoms with Crippen LogP contribution in [0.25, 0.3) is 10.9 Å². The fourth-order valence-corrected chi connectivity index (χ4v) is 19.1. The molecule has 6 rings (SSSR count).